The van der Waals surface area contributed by atoms with Crippen molar-refractivity contribution in [2.24, 2.45) is 0 Å². The summed E-state index contributed by atoms with van der Waals surface area (Å²) in [7, 11) is 0. The van der Waals surface area contributed by atoms with Crippen LogP contribution in [0, 0.1) is 0 Å². The van der Waals surface area contributed by atoms with Crippen molar-refractivity contribution in [3.63, 3.8) is 0 Å². The van der Waals surface area contributed by atoms with Crippen LogP contribution in [0.2, 0.25) is 0 Å². The molecule has 98 valence electrons. The lowest BCUT2D eigenvalue weighted by atomic mass is 10.0. The van der Waals surface area contributed by atoms with Crippen molar-refractivity contribution in [3.05, 3.63) is 29.3 Å². The molecule has 0 aromatic heterocycles. The molecule has 4 heteroatoms. The van der Waals surface area contributed by atoms with Gasteiger partial charge < -0.3 is 15.2 Å². The minimum atomic E-state index is -0.877. The first kappa shape index (κ1) is 12.9. The highest BCUT2D eigenvalue weighted by atomic mass is 16.5. The van der Waals surface area contributed by atoms with Crippen LogP contribution in [0.15, 0.2) is 18.2 Å². The second kappa shape index (κ2) is 5.87. The lowest BCUT2D eigenvalue weighted by Gasteiger charge is -2.24. The average Bonchev–Trinajstić information content (AvgIpc) is 2.39. The van der Waals surface area contributed by atoms with E-state index in [1.54, 1.807) is 12.1 Å². The van der Waals surface area contributed by atoms with E-state index in [9.17, 15) is 4.79 Å². The van der Waals surface area contributed by atoms with E-state index in [0.717, 1.165) is 37.2 Å². The summed E-state index contributed by atoms with van der Waals surface area (Å²) in [4.78, 5) is 11.0. The zero-order chi connectivity index (χ0) is 13.0. The molecular formula is C14H19NO3. The van der Waals surface area contributed by atoms with Crippen molar-refractivity contribution in [1.82, 2.24) is 5.32 Å². The zero-order valence-electron chi connectivity index (χ0n) is 10.6. The van der Waals surface area contributed by atoms with Gasteiger partial charge in [-0.3, -0.25) is 0 Å². The molecule has 18 heavy (non-hydrogen) atoms. The standard InChI is InChI=1S/C14H19NO3/c1-2-10-8-11(5-6-13(10)14(16)17)18-12-4-3-7-15-9-12/h5-6,8,12,15H,2-4,7,9H2,1H3,(H,16,17). The number of rotatable bonds is 4. The first-order valence-corrected chi connectivity index (χ1v) is 6.44. The van der Waals surface area contributed by atoms with Crippen LogP contribution in [0.5, 0.6) is 5.75 Å². The minimum absolute atomic E-state index is 0.194. The second-order valence-corrected chi connectivity index (χ2v) is 4.56. The van der Waals surface area contributed by atoms with Gasteiger partial charge in [-0.1, -0.05) is 6.92 Å². The van der Waals surface area contributed by atoms with E-state index in [1.807, 2.05) is 13.0 Å². The van der Waals surface area contributed by atoms with Crippen molar-refractivity contribution in [2.45, 2.75) is 32.3 Å². The molecule has 4 nitrogen and oxygen atoms in total. The maximum absolute atomic E-state index is 11.0. The van der Waals surface area contributed by atoms with Crippen LogP contribution in [-0.4, -0.2) is 30.3 Å². The summed E-state index contributed by atoms with van der Waals surface area (Å²) in [6, 6.07) is 5.22. The van der Waals surface area contributed by atoms with Crippen LogP contribution in [0.4, 0.5) is 0 Å². The van der Waals surface area contributed by atoms with Crippen LogP contribution in [0.3, 0.4) is 0 Å². The maximum atomic E-state index is 11.0. The Morgan fingerprint density at radius 1 is 1.56 bits per heavy atom. The van der Waals surface area contributed by atoms with Crippen LogP contribution >= 0.6 is 0 Å². The van der Waals surface area contributed by atoms with E-state index in [-0.39, 0.29) is 6.10 Å². The fraction of sp³-hybridized carbons (Fsp3) is 0.500. The van der Waals surface area contributed by atoms with Gasteiger partial charge in [-0.25, -0.2) is 4.79 Å². The number of carboxylic acids is 1. The highest BCUT2D eigenvalue weighted by molar-refractivity contribution is 5.89. The molecule has 0 spiro atoms. The number of carboxylic acid groups (broad SMARTS) is 1. The minimum Gasteiger partial charge on any atom is -0.489 e. The summed E-state index contributed by atoms with van der Waals surface area (Å²) in [6.45, 7) is 3.87. The summed E-state index contributed by atoms with van der Waals surface area (Å²) < 4.78 is 5.88. The molecular weight excluding hydrogens is 230 g/mol. The summed E-state index contributed by atoms with van der Waals surface area (Å²) >= 11 is 0. The molecule has 0 radical (unpaired) electrons. The molecule has 1 aliphatic rings. The van der Waals surface area contributed by atoms with Crippen LogP contribution in [0.1, 0.15) is 35.7 Å². The van der Waals surface area contributed by atoms with Crippen molar-refractivity contribution in [3.8, 4) is 5.75 Å². The predicted molar refractivity (Wildman–Crippen MR) is 69.3 cm³/mol. The monoisotopic (exact) mass is 249 g/mol. The molecule has 0 saturated carbocycles. The quantitative estimate of drug-likeness (QED) is 0.857. The van der Waals surface area contributed by atoms with E-state index in [4.69, 9.17) is 9.84 Å². The Labute approximate surface area is 107 Å². The molecule has 0 amide bonds. The van der Waals surface area contributed by atoms with Crippen LogP contribution in [0.25, 0.3) is 0 Å². The Morgan fingerprint density at radius 3 is 3.00 bits per heavy atom. The summed E-state index contributed by atoms with van der Waals surface area (Å²) in [5.74, 6) is -0.108. The Morgan fingerprint density at radius 2 is 2.39 bits per heavy atom. The van der Waals surface area contributed by atoms with Crippen molar-refractivity contribution >= 4 is 5.97 Å². The molecule has 1 aromatic carbocycles. The molecule has 2 rings (SSSR count). The average molecular weight is 249 g/mol. The van der Waals surface area contributed by atoms with Gasteiger partial charge in [0.05, 0.1) is 5.56 Å². The Bertz CT molecular complexity index is 425. The Balaban J connectivity index is 2.11. The maximum Gasteiger partial charge on any atom is 0.335 e. The number of benzene rings is 1. The number of hydrogen-bond acceptors (Lipinski definition) is 3. The zero-order valence-corrected chi connectivity index (χ0v) is 10.6. The van der Waals surface area contributed by atoms with E-state index < -0.39 is 5.97 Å². The van der Waals surface area contributed by atoms with Crippen LogP contribution < -0.4 is 10.1 Å². The van der Waals surface area contributed by atoms with Crippen LogP contribution in [-0.2, 0) is 6.42 Å². The number of hydrogen-bond donors (Lipinski definition) is 2. The molecule has 1 atom stereocenters. The molecule has 1 fully saturated rings. The molecule has 1 aliphatic heterocycles. The highest BCUT2D eigenvalue weighted by Gasteiger charge is 2.16. The number of nitrogens with one attached hydrogen (secondary N) is 1. The summed E-state index contributed by atoms with van der Waals surface area (Å²) in [5, 5.41) is 12.4. The van der Waals surface area contributed by atoms with Gasteiger partial charge in [-0.2, -0.15) is 0 Å². The fourth-order valence-electron chi connectivity index (χ4n) is 2.26. The Kier molecular flexibility index (Phi) is 4.20. The van der Waals surface area contributed by atoms with E-state index >= 15 is 0 Å². The van der Waals surface area contributed by atoms with Gasteiger partial charge in [0.2, 0.25) is 0 Å². The van der Waals surface area contributed by atoms with Gasteiger partial charge in [-0.05, 0) is 49.6 Å². The number of piperidine rings is 1. The molecule has 0 aliphatic carbocycles. The molecule has 1 heterocycles. The topological polar surface area (TPSA) is 58.6 Å². The first-order valence-electron chi connectivity index (χ1n) is 6.44. The van der Waals surface area contributed by atoms with E-state index in [1.165, 1.54) is 0 Å². The van der Waals surface area contributed by atoms with Gasteiger partial charge in [0.15, 0.2) is 0 Å². The number of aromatic carboxylic acids is 1. The lowest BCUT2D eigenvalue weighted by Crippen LogP contribution is -2.37. The van der Waals surface area contributed by atoms with Gasteiger partial charge in [0.1, 0.15) is 11.9 Å². The van der Waals surface area contributed by atoms with E-state index in [0.29, 0.717) is 12.0 Å². The van der Waals surface area contributed by atoms with Gasteiger partial charge in [-0.15, -0.1) is 0 Å². The first-order chi connectivity index (χ1) is 8.70. The molecule has 2 N–H and O–H groups in total. The van der Waals surface area contributed by atoms with Gasteiger partial charge in [0.25, 0.3) is 0 Å². The smallest absolute Gasteiger partial charge is 0.335 e. The third-order valence-corrected chi connectivity index (χ3v) is 3.24. The number of ether oxygens (including phenoxy) is 1. The van der Waals surface area contributed by atoms with Gasteiger partial charge >= 0.3 is 5.97 Å². The van der Waals surface area contributed by atoms with Crippen molar-refractivity contribution in [1.29, 1.82) is 0 Å². The van der Waals surface area contributed by atoms with Crippen molar-refractivity contribution in [2.75, 3.05) is 13.1 Å². The largest absolute Gasteiger partial charge is 0.489 e. The third kappa shape index (κ3) is 3.01. The molecule has 1 unspecified atom stereocenters. The summed E-state index contributed by atoms with van der Waals surface area (Å²) in [5.41, 5.74) is 1.19. The lowest BCUT2D eigenvalue weighted by molar-refractivity contribution is 0.0695. The molecule has 0 bridgehead atoms. The number of aryl methyl sites for hydroxylation is 1. The normalized spacial score (nSPS) is 19.5. The number of carbonyl (C=O) groups is 1. The Hall–Kier alpha value is -1.55. The molecule has 1 aromatic rings. The SMILES string of the molecule is CCc1cc(OC2CCCNC2)ccc1C(=O)O. The fourth-order valence-corrected chi connectivity index (χ4v) is 2.26. The van der Waals surface area contributed by atoms with Crippen molar-refractivity contribution < 1.29 is 14.6 Å². The summed E-state index contributed by atoms with van der Waals surface area (Å²) in [6.07, 6.45) is 3.06. The third-order valence-electron chi connectivity index (χ3n) is 3.24. The second-order valence-electron chi connectivity index (χ2n) is 4.56. The predicted octanol–water partition coefficient (Wildman–Crippen LogP) is 2.08. The molecule has 1 saturated heterocycles. The van der Waals surface area contributed by atoms with E-state index in [2.05, 4.69) is 5.32 Å². The van der Waals surface area contributed by atoms with Gasteiger partial charge in [0, 0.05) is 6.54 Å². The highest BCUT2D eigenvalue weighted by Crippen LogP contribution is 2.21.